The number of nitrogens with one attached hydrogen (secondary N) is 1. The Balaban J connectivity index is 3.00. The van der Waals surface area contributed by atoms with Gasteiger partial charge in [0.1, 0.15) is 5.03 Å². The summed E-state index contributed by atoms with van der Waals surface area (Å²) < 4.78 is 11.6. The van der Waals surface area contributed by atoms with Gasteiger partial charge < -0.3 is 4.98 Å². The van der Waals surface area contributed by atoms with Crippen molar-refractivity contribution >= 4 is 39.1 Å². The number of H-pyrrole nitrogens is 1. The maximum Gasteiger partial charge on any atom is 0.201 e. The van der Waals surface area contributed by atoms with E-state index in [1.165, 1.54) is 19.2 Å². The van der Waals surface area contributed by atoms with E-state index in [0.717, 1.165) is 0 Å². The Hall–Kier alpha value is -1.46. The minimum absolute atomic E-state index is 0.0643. The fraction of sp³-hybridized carbons (Fsp3) is 0.167. The lowest BCUT2D eigenvalue weighted by Gasteiger charge is -2.07. The molecule has 0 saturated carbocycles. The van der Waals surface area contributed by atoms with Gasteiger partial charge >= 0.3 is 0 Å². The summed E-state index contributed by atoms with van der Waals surface area (Å²) in [6.45, 7) is 1.28. The Kier molecular flexibility index (Phi) is 3.36. The van der Waals surface area contributed by atoms with Crippen molar-refractivity contribution in [3.05, 3.63) is 39.0 Å². The van der Waals surface area contributed by atoms with E-state index >= 15 is 0 Å². The van der Waals surface area contributed by atoms with Gasteiger partial charge in [0.2, 0.25) is 5.43 Å². The third kappa shape index (κ3) is 2.11. The fourth-order valence-electron chi connectivity index (χ4n) is 1.77. The van der Waals surface area contributed by atoms with E-state index in [1.54, 1.807) is 12.1 Å². The lowest BCUT2D eigenvalue weighted by atomic mass is 10.1. The van der Waals surface area contributed by atoms with Crippen LogP contribution in [0, 0.1) is 0 Å². The zero-order chi connectivity index (χ0) is 13.4. The van der Waals surface area contributed by atoms with Crippen LogP contribution in [0.3, 0.4) is 0 Å². The molecule has 4 nitrogen and oxygen atoms in total. The third-order valence-corrected chi connectivity index (χ3v) is 3.68. The van der Waals surface area contributed by atoms with Crippen LogP contribution < -0.4 is 5.43 Å². The van der Waals surface area contributed by atoms with E-state index in [0.29, 0.717) is 15.9 Å². The molecule has 1 heterocycles. The molecule has 2 rings (SSSR count). The summed E-state index contributed by atoms with van der Waals surface area (Å²) in [5.74, 6) is -0.414. The maximum atomic E-state index is 12.2. The SMILES string of the molecule is CC(=O)c1c(S(C)=O)[nH]c2ccc(Cl)cc2c1=O. The summed E-state index contributed by atoms with van der Waals surface area (Å²) in [5.41, 5.74) is 0.00847. The highest BCUT2D eigenvalue weighted by Crippen LogP contribution is 2.18. The van der Waals surface area contributed by atoms with Crippen LogP contribution in [0.4, 0.5) is 0 Å². The first-order chi connectivity index (χ1) is 8.41. The van der Waals surface area contributed by atoms with Crippen molar-refractivity contribution in [1.29, 1.82) is 0 Å². The Morgan fingerprint density at radius 3 is 2.61 bits per heavy atom. The van der Waals surface area contributed by atoms with Crippen molar-refractivity contribution in [2.75, 3.05) is 6.26 Å². The first-order valence-corrected chi connectivity index (χ1v) is 7.05. The summed E-state index contributed by atoms with van der Waals surface area (Å²) >= 11 is 5.83. The Morgan fingerprint density at radius 1 is 1.39 bits per heavy atom. The van der Waals surface area contributed by atoms with Gasteiger partial charge in [-0.15, -0.1) is 0 Å². The summed E-state index contributed by atoms with van der Waals surface area (Å²) in [6.07, 6.45) is 1.42. The molecule has 94 valence electrons. The normalized spacial score (nSPS) is 12.6. The van der Waals surface area contributed by atoms with Gasteiger partial charge in [-0.3, -0.25) is 13.8 Å². The number of fused-ring (bicyclic) bond motifs is 1. The molecule has 0 spiro atoms. The molecule has 0 bridgehead atoms. The summed E-state index contributed by atoms with van der Waals surface area (Å²) in [4.78, 5) is 26.6. The van der Waals surface area contributed by atoms with Gasteiger partial charge in [-0.25, -0.2) is 0 Å². The van der Waals surface area contributed by atoms with E-state index in [1.807, 2.05) is 0 Å². The van der Waals surface area contributed by atoms with Crippen molar-refractivity contribution in [3.8, 4) is 0 Å². The zero-order valence-corrected chi connectivity index (χ0v) is 11.3. The lowest BCUT2D eigenvalue weighted by Crippen LogP contribution is -2.18. The van der Waals surface area contributed by atoms with Crippen LogP contribution in [-0.2, 0) is 10.8 Å². The fourth-order valence-corrected chi connectivity index (χ4v) is 2.72. The Bertz CT molecular complexity index is 736. The van der Waals surface area contributed by atoms with Gasteiger partial charge in [0.25, 0.3) is 0 Å². The van der Waals surface area contributed by atoms with Crippen LogP contribution in [0.1, 0.15) is 17.3 Å². The minimum Gasteiger partial charge on any atom is -0.347 e. The van der Waals surface area contributed by atoms with Crippen LogP contribution in [0.2, 0.25) is 5.02 Å². The first kappa shape index (κ1) is 13.0. The van der Waals surface area contributed by atoms with Gasteiger partial charge in [-0.1, -0.05) is 11.6 Å². The van der Waals surface area contributed by atoms with Gasteiger partial charge in [-0.2, -0.15) is 0 Å². The second kappa shape index (κ2) is 4.66. The van der Waals surface area contributed by atoms with Crippen LogP contribution in [0.15, 0.2) is 28.0 Å². The van der Waals surface area contributed by atoms with Crippen LogP contribution in [0.25, 0.3) is 10.9 Å². The van der Waals surface area contributed by atoms with Crippen molar-refractivity contribution < 1.29 is 9.00 Å². The van der Waals surface area contributed by atoms with Gasteiger partial charge in [0, 0.05) is 16.7 Å². The average molecular weight is 284 g/mol. The number of rotatable bonds is 2. The van der Waals surface area contributed by atoms with E-state index in [-0.39, 0.29) is 10.6 Å². The van der Waals surface area contributed by atoms with Gasteiger partial charge in [0.05, 0.1) is 21.9 Å². The third-order valence-electron chi connectivity index (χ3n) is 2.57. The van der Waals surface area contributed by atoms with Crippen LogP contribution in [-0.4, -0.2) is 21.2 Å². The minimum atomic E-state index is -1.44. The number of pyridine rings is 1. The second-order valence-corrected chi connectivity index (χ2v) is 5.61. The number of benzene rings is 1. The number of Topliss-reactive ketones (excluding diaryl/α,β-unsaturated/α-hetero) is 1. The Labute approximate surface area is 110 Å². The van der Waals surface area contributed by atoms with Crippen molar-refractivity contribution in [1.82, 2.24) is 4.98 Å². The summed E-state index contributed by atoms with van der Waals surface area (Å²) in [6, 6.07) is 4.74. The number of aromatic nitrogens is 1. The van der Waals surface area contributed by atoms with Crippen LogP contribution >= 0.6 is 11.6 Å². The molecule has 1 N–H and O–H groups in total. The number of hydrogen-bond acceptors (Lipinski definition) is 3. The second-order valence-electron chi connectivity index (χ2n) is 3.86. The number of carbonyl (C=O) groups is 1. The van der Waals surface area contributed by atoms with Crippen LogP contribution in [0.5, 0.6) is 0 Å². The molecule has 0 aliphatic carbocycles. The van der Waals surface area contributed by atoms with E-state index in [2.05, 4.69) is 4.98 Å². The summed E-state index contributed by atoms with van der Waals surface area (Å²) in [7, 11) is -1.44. The number of carbonyl (C=O) groups excluding carboxylic acids is 1. The highest BCUT2D eigenvalue weighted by molar-refractivity contribution is 7.84. The van der Waals surface area contributed by atoms with Crippen molar-refractivity contribution in [3.63, 3.8) is 0 Å². The molecule has 1 atom stereocenters. The molecular weight excluding hydrogens is 274 g/mol. The molecule has 1 aromatic heterocycles. The molecular formula is C12H10ClNO3S. The maximum absolute atomic E-state index is 12.2. The molecule has 6 heteroatoms. The predicted molar refractivity (Wildman–Crippen MR) is 71.9 cm³/mol. The monoisotopic (exact) mass is 283 g/mol. The molecule has 1 unspecified atom stereocenters. The topological polar surface area (TPSA) is 67.0 Å². The highest BCUT2D eigenvalue weighted by atomic mass is 35.5. The molecule has 2 aromatic rings. The lowest BCUT2D eigenvalue weighted by molar-refractivity contribution is 0.101. The predicted octanol–water partition coefficient (Wildman–Crippen LogP) is 2.12. The van der Waals surface area contributed by atoms with Gasteiger partial charge in [-0.05, 0) is 25.1 Å². The number of halogens is 1. The standard InChI is InChI=1S/C12H10ClNO3S/c1-6(15)10-11(16)8-5-7(13)3-4-9(8)14-12(10)18(2)17/h3-5H,1-2H3,(H,14,16). The van der Waals surface area contributed by atoms with Gasteiger partial charge in [0.15, 0.2) is 5.78 Å². The molecule has 0 aliphatic rings. The molecule has 0 radical (unpaired) electrons. The Morgan fingerprint density at radius 2 is 2.06 bits per heavy atom. The van der Waals surface area contributed by atoms with E-state index in [4.69, 9.17) is 11.6 Å². The molecule has 0 fully saturated rings. The summed E-state index contributed by atoms with van der Waals surface area (Å²) in [5, 5.41) is 0.886. The molecule has 0 aliphatic heterocycles. The smallest absolute Gasteiger partial charge is 0.201 e. The van der Waals surface area contributed by atoms with E-state index < -0.39 is 22.0 Å². The number of aromatic amines is 1. The van der Waals surface area contributed by atoms with Crippen molar-refractivity contribution in [2.45, 2.75) is 11.9 Å². The first-order valence-electron chi connectivity index (χ1n) is 5.11. The highest BCUT2D eigenvalue weighted by Gasteiger charge is 2.18. The molecule has 0 saturated heterocycles. The van der Waals surface area contributed by atoms with E-state index in [9.17, 15) is 13.8 Å². The largest absolute Gasteiger partial charge is 0.347 e. The average Bonchev–Trinajstić information content (AvgIpc) is 2.28. The number of ketones is 1. The molecule has 1 aromatic carbocycles. The zero-order valence-electron chi connectivity index (χ0n) is 9.74. The quantitative estimate of drug-likeness (QED) is 0.859. The van der Waals surface area contributed by atoms with Crippen molar-refractivity contribution in [2.24, 2.45) is 0 Å². The molecule has 0 amide bonds. The molecule has 18 heavy (non-hydrogen) atoms. The number of hydrogen-bond donors (Lipinski definition) is 1.